The van der Waals surface area contributed by atoms with E-state index in [2.05, 4.69) is 27.9 Å². The van der Waals surface area contributed by atoms with E-state index in [4.69, 9.17) is 0 Å². The van der Waals surface area contributed by atoms with Crippen LogP contribution in [0.4, 0.5) is 0 Å². The first kappa shape index (κ1) is 4.84. The zero-order valence-corrected chi connectivity index (χ0v) is 5.68. The quantitative estimate of drug-likeness (QED) is 0.412. The van der Waals surface area contributed by atoms with Crippen molar-refractivity contribution in [2.24, 2.45) is 0 Å². The van der Waals surface area contributed by atoms with E-state index in [1.54, 1.807) is 0 Å². The van der Waals surface area contributed by atoms with Gasteiger partial charge in [-0.05, 0) is 3.92 Å². The summed E-state index contributed by atoms with van der Waals surface area (Å²) in [5, 5.41) is 4.16. The van der Waals surface area contributed by atoms with Crippen molar-refractivity contribution in [2.45, 2.75) is 10.3 Å². The molecule has 1 rings (SSSR count). The van der Waals surface area contributed by atoms with Crippen molar-refractivity contribution in [2.75, 3.05) is 13.1 Å². The van der Waals surface area contributed by atoms with Crippen LogP contribution in [0.5, 0.6) is 0 Å². The second-order valence-corrected chi connectivity index (χ2v) is 3.28. The van der Waals surface area contributed by atoms with Gasteiger partial charge in [-0.1, -0.05) is 29.0 Å². The van der Waals surface area contributed by atoms with Crippen LogP contribution in [0.1, 0.15) is 6.42 Å². The fourth-order valence-electron chi connectivity index (χ4n) is 0.554. The van der Waals surface area contributed by atoms with Crippen molar-refractivity contribution in [3.8, 4) is 0 Å². The summed E-state index contributed by atoms with van der Waals surface area (Å²) >= 11 is 2.44. The number of rotatable bonds is 0. The molecule has 0 N–H and O–H groups in total. The van der Waals surface area contributed by atoms with Crippen molar-refractivity contribution >= 4 is 22.6 Å². The van der Waals surface area contributed by atoms with Crippen LogP contribution in [0.15, 0.2) is 0 Å². The molecule has 0 spiro atoms. The molecule has 1 nitrogen and oxygen atoms in total. The minimum Gasteiger partial charge on any atom is -0.661 e. The van der Waals surface area contributed by atoms with E-state index in [0.717, 1.165) is 17.0 Å². The van der Waals surface area contributed by atoms with Gasteiger partial charge in [0.1, 0.15) is 0 Å². The lowest BCUT2D eigenvalue weighted by atomic mass is 10.4. The molecule has 0 aromatic heterocycles. The van der Waals surface area contributed by atoms with Crippen LogP contribution >= 0.6 is 22.6 Å². The standard InChI is InChI=1S/C4H7IN/c5-4-1-2-6-3-4/h4H,1-3H2/q-1. The Hall–Kier alpha value is 0.690. The highest BCUT2D eigenvalue weighted by Gasteiger charge is 1.98. The van der Waals surface area contributed by atoms with Crippen LogP contribution in [-0.2, 0) is 0 Å². The van der Waals surface area contributed by atoms with E-state index in [9.17, 15) is 0 Å². The lowest BCUT2D eigenvalue weighted by Crippen LogP contribution is -1.89. The van der Waals surface area contributed by atoms with Gasteiger partial charge in [-0.15, -0.1) is 13.1 Å². The summed E-state index contributed by atoms with van der Waals surface area (Å²) in [7, 11) is 0. The third-order valence-corrected chi connectivity index (χ3v) is 1.94. The predicted octanol–water partition coefficient (Wildman–Crippen LogP) is 1.57. The van der Waals surface area contributed by atoms with Crippen LogP contribution in [0.3, 0.4) is 0 Å². The van der Waals surface area contributed by atoms with E-state index in [1.807, 2.05) is 0 Å². The Bertz CT molecular complexity index is 40.8. The fourth-order valence-corrected chi connectivity index (χ4v) is 1.11. The second kappa shape index (κ2) is 2.12. The molecule has 36 valence electrons. The van der Waals surface area contributed by atoms with Crippen LogP contribution in [-0.4, -0.2) is 17.0 Å². The lowest BCUT2D eigenvalue weighted by molar-refractivity contribution is 1.00. The predicted molar refractivity (Wildman–Crippen MR) is 35.5 cm³/mol. The Morgan fingerprint density at radius 1 is 1.67 bits per heavy atom. The van der Waals surface area contributed by atoms with E-state index in [0.29, 0.717) is 0 Å². The highest BCUT2D eigenvalue weighted by Crippen LogP contribution is 2.16. The summed E-state index contributed by atoms with van der Waals surface area (Å²) < 4.78 is 0.850. The molecule has 0 aromatic carbocycles. The van der Waals surface area contributed by atoms with Gasteiger partial charge in [0.2, 0.25) is 0 Å². The molecule has 0 bridgehead atoms. The molecule has 1 heterocycles. The van der Waals surface area contributed by atoms with Gasteiger partial charge >= 0.3 is 0 Å². The monoisotopic (exact) mass is 196 g/mol. The number of alkyl halides is 1. The molecule has 0 amide bonds. The zero-order chi connectivity index (χ0) is 4.41. The first-order chi connectivity index (χ1) is 2.89. The van der Waals surface area contributed by atoms with Crippen molar-refractivity contribution in [3.63, 3.8) is 0 Å². The maximum Gasteiger partial charge on any atom is -0.00945 e. The summed E-state index contributed by atoms with van der Waals surface area (Å²) in [4.78, 5) is 0. The van der Waals surface area contributed by atoms with Crippen LogP contribution in [0.25, 0.3) is 5.32 Å². The molecule has 1 saturated heterocycles. The first-order valence-corrected chi connectivity index (χ1v) is 3.41. The minimum atomic E-state index is 0.850. The normalized spacial score (nSPS) is 34.5. The van der Waals surface area contributed by atoms with Crippen molar-refractivity contribution in [1.29, 1.82) is 0 Å². The molecule has 1 unspecified atom stereocenters. The average Bonchev–Trinajstić information content (AvgIpc) is 1.86. The van der Waals surface area contributed by atoms with Crippen molar-refractivity contribution in [3.05, 3.63) is 5.32 Å². The summed E-state index contributed by atoms with van der Waals surface area (Å²) in [6, 6.07) is 0. The zero-order valence-electron chi connectivity index (χ0n) is 3.52. The molecule has 1 aliphatic rings. The van der Waals surface area contributed by atoms with Gasteiger partial charge in [0.05, 0.1) is 0 Å². The fraction of sp³-hybridized carbons (Fsp3) is 1.00. The highest BCUT2D eigenvalue weighted by molar-refractivity contribution is 14.1. The molecule has 0 aliphatic carbocycles. The van der Waals surface area contributed by atoms with Gasteiger partial charge in [0.15, 0.2) is 0 Å². The molecular formula is C4H7IN-. The summed E-state index contributed by atoms with van der Waals surface area (Å²) in [6.07, 6.45) is 1.31. The third-order valence-electron chi connectivity index (χ3n) is 0.928. The van der Waals surface area contributed by atoms with E-state index in [1.165, 1.54) is 6.42 Å². The molecule has 0 radical (unpaired) electrons. The largest absolute Gasteiger partial charge is 0.661 e. The van der Waals surface area contributed by atoms with E-state index < -0.39 is 0 Å². The van der Waals surface area contributed by atoms with Crippen LogP contribution in [0.2, 0.25) is 0 Å². The SMILES string of the molecule is IC1CC[N-]C1. The van der Waals surface area contributed by atoms with E-state index in [-0.39, 0.29) is 0 Å². The van der Waals surface area contributed by atoms with Gasteiger partial charge in [0, 0.05) is 0 Å². The summed E-state index contributed by atoms with van der Waals surface area (Å²) in [6.45, 7) is 2.20. The molecule has 6 heavy (non-hydrogen) atoms. The van der Waals surface area contributed by atoms with Crippen molar-refractivity contribution in [1.82, 2.24) is 0 Å². The molecule has 1 aliphatic heterocycles. The Morgan fingerprint density at radius 3 is 2.67 bits per heavy atom. The van der Waals surface area contributed by atoms with Crippen LogP contribution < -0.4 is 0 Å². The highest BCUT2D eigenvalue weighted by atomic mass is 127. The topological polar surface area (TPSA) is 14.1 Å². The maximum atomic E-state index is 4.16. The Balaban J connectivity index is 2.18. The molecular weight excluding hydrogens is 189 g/mol. The summed E-state index contributed by atoms with van der Waals surface area (Å²) in [5.74, 6) is 0. The third kappa shape index (κ3) is 1.08. The molecule has 0 aromatic rings. The van der Waals surface area contributed by atoms with Gasteiger partial charge in [-0.2, -0.15) is 0 Å². The molecule has 1 fully saturated rings. The van der Waals surface area contributed by atoms with Gasteiger partial charge in [-0.25, -0.2) is 0 Å². The minimum absolute atomic E-state index is 0.850. The molecule has 0 saturated carbocycles. The molecule has 1 atom stereocenters. The first-order valence-electron chi connectivity index (χ1n) is 2.17. The number of nitrogens with zero attached hydrogens (tertiary/aromatic N) is 1. The lowest BCUT2D eigenvalue weighted by Gasteiger charge is -2.02. The Morgan fingerprint density at radius 2 is 2.50 bits per heavy atom. The average molecular weight is 196 g/mol. The number of hydrogen-bond donors (Lipinski definition) is 0. The smallest absolute Gasteiger partial charge is 0.00945 e. The molecule has 2 heteroatoms. The Labute approximate surface area is 51.6 Å². The maximum absolute atomic E-state index is 4.16. The van der Waals surface area contributed by atoms with Crippen molar-refractivity contribution < 1.29 is 0 Å². The number of hydrogen-bond acceptors (Lipinski definition) is 0. The van der Waals surface area contributed by atoms with Crippen LogP contribution in [0, 0.1) is 0 Å². The number of halogens is 1. The second-order valence-electron chi connectivity index (χ2n) is 1.52. The Kier molecular flexibility index (Phi) is 1.71. The van der Waals surface area contributed by atoms with Gasteiger partial charge in [-0.3, -0.25) is 0 Å². The van der Waals surface area contributed by atoms with Gasteiger partial charge < -0.3 is 5.32 Å². The van der Waals surface area contributed by atoms with Gasteiger partial charge in [0.25, 0.3) is 0 Å². The summed E-state index contributed by atoms with van der Waals surface area (Å²) in [5.41, 5.74) is 0. The van der Waals surface area contributed by atoms with E-state index >= 15 is 0 Å².